The summed E-state index contributed by atoms with van der Waals surface area (Å²) < 4.78 is 31.4. The molecular weight excluding hydrogens is 336 g/mol. The van der Waals surface area contributed by atoms with Crippen LogP contribution in [0.5, 0.6) is 0 Å². The number of carbonyl (C=O) groups excluding carboxylic acids is 1. The first-order valence-electron chi connectivity index (χ1n) is 8.39. The molecule has 0 aromatic carbocycles. The van der Waals surface area contributed by atoms with Crippen molar-refractivity contribution in [2.24, 2.45) is 0 Å². The molecule has 0 aliphatic rings. The molecule has 0 amide bonds. The first kappa shape index (κ1) is 23.9. The molecule has 0 atom stereocenters. The Bertz CT molecular complexity index is 299. The van der Waals surface area contributed by atoms with E-state index in [2.05, 4.69) is 0 Å². The minimum absolute atomic E-state index is 0.00331. The average molecular weight is 366 g/mol. The highest BCUT2D eigenvalue weighted by Gasteiger charge is 1.96. The summed E-state index contributed by atoms with van der Waals surface area (Å²) in [5.74, 6) is -0.872. The summed E-state index contributed by atoms with van der Waals surface area (Å²) in [5.41, 5.74) is 0. The summed E-state index contributed by atoms with van der Waals surface area (Å²) in [6.45, 7) is 5.23. The molecule has 0 fully saturated rings. The van der Waals surface area contributed by atoms with Gasteiger partial charge in [0.2, 0.25) is 0 Å². The summed E-state index contributed by atoms with van der Waals surface area (Å²) in [4.78, 5) is 20.3. The van der Waals surface area contributed by atoms with E-state index in [1.807, 2.05) is 0 Å². The molecule has 148 valence electrons. The van der Waals surface area contributed by atoms with Crippen molar-refractivity contribution in [1.29, 1.82) is 0 Å². The van der Waals surface area contributed by atoms with Gasteiger partial charge < -0.3 is 38.3 Å². The van der Waals surface area contributed by atoms with Gasteiger partial charge in [-0.1, -0.05) is 0 Å². The third kappa shape index (κ3) is 22.9. The molecule has 0 rings (SSSR count). The number of carboxylic acids is 1. The molecule has 9 heteroatoms. The first-order chi connectivity index (χ1) is 12.3. The first-order valence-corrected chi connectivity index (χ1v) is 8.39. The van der Waals surface area contributed by atoms with Crippen LogP contribution in [0.25, 0.3) is 0 Å². The van der Waals surface area contributed by atoms with Crippen LogP contribution in [0.15, 0.2) is 0 Å². The molecule has 0 aliphatic heterocycles. The van der Waals surface area contributed by atoms with E-state index in [1.54, 1.807) is 0 Å². The maximum atomic E-state index is 10.2. The molecule has 0 spiro atoms. The molecule has 0 saturated carbocycles. The lowest BCUT2D eigenvalue weighted by Crippen LogP contribution is -2.14. The van der Waals surface area contributed by atoms with E-state index in [0.29, 0.717) is 79.1 Å². The van der Waals surface area contributed by atoms with E-state index in [1.165, 1.54) is 0 Å². The van der Waals surface area contributed by atoms with Gasteiger partial charge in [-0.3, -0.25) is 4.79 Å². The zero-order valence-electron chi connectivity index (χ0n) is 14.7. The van der Waals surface area contributed by atoms with E-state index >= 15 is 0 Å². The lowest BCUT2D eigenvalue weighted by molar-refractivity contribution is -0.138. The molecular formula is C16H30O9. The van der Waals surface area contributed by atoms with Gasteiger partial charge in [0.25, 0.3) is 0 Å². The number of carboxylic acid groups (broad SMARTS) is 1. The van der Waals surface area contributed by atoms with Crippen LogP contribution in [0.3, 0.4) is 0 Å². The average Bonchev–Trinajstić information content (AvgIpc) is 2.60. The van der Waals surface area contributed by atoms with Gasteiger partial charge in [-0.25, -0.2) is 0 Å². The molecule has 1 N–H and O–H groups in total. The van der Waals surface area contributed by atoms with Crippen molar-refractivity contribution in [1.82, 2.24) is 0 Å². The maximum Gasteiger partial charge on any atom is 0.305 e. The Labute approximate surface area is 148 Å². The topological polar surface area (TPSA) is 110 Å². The lowest BCUT2D eigenvalue weighted by Gasteiger charge is -2.08. The van der Waals surface area contributed by atoms with Crippen LogP contribution in [0.1, 0.15) is 12.8 Å². The summed E-state index contributed by atoms with van der Waals surface area (Å²) in [5, 5.41) is 8.41. The fourth-order valence-electron chi connectivity index (χ4n) is 1.49. The molecule has 0 bridgehead atoms. The smallest absolute Gasteiger partial charge is 0.305 e. The second-order valence-electron chi connectivity index (χ2n) is 4.77. The van der Waals surface area contributed by atoms with Gasteiger partial charge in [0.05, 0.1) is 85.7 Å². The molecule has 0 aliphatic carbocycles. The summed E-state index contributed by atoms with van der Waals surface area (Å²) in [6, 6.07) is 0. The van der Waals surface area contributed by atoms with Gasteiger partial charge in [-0.15, -0.1) is 0 Å². The second-order valence-corrected chi connectivity index (χ2v) is 4.77. The Kier molecular flexibility index (Phi) is 20.0. The van der Waals surface area contributed by atoms with Crippen molar-refractivity contribution in [3.8, 4) is 0 Å². The Morgan fingerprint density at radius 3 is 1.24 bits per heavy atom. The summed E-state index contributed by atoms with van der Waals surface area (Å²) >= 11 is 0. The van der Waals surface area contributed by atoms with Crippen LogP contribution < -0.4 is 0 Å². The van der Waals surface area contributed by atoms with Crippen molar-refractivity contribution >= 4 is 12.3 Å². The standard InChI is InChI=1S/C16H30O9/c17-3-1-4-20-6-8-22-10-12-24-14-15-25-13-11-23-9-7-21-5-2-16(18)19/h3H,1-2,4-15H2,(H,18,19). The maximum absolute atomic E-state index is 10.2. The van der Waals surface area contributed by atoms with Crippen LogP contribution in [0.2, 0.25) is 0 Å². The highest BCUT2D eigenvalue weighted by Crippen LogP contribution is 1.86. The quantitative estimate of drug-likeness (QED) is 0.224. The number of carbonyl (C=O) groups is 2. The minimum atomic E-state index is -0.872. The van der Waals surface area contributed by atoms with Crippen LogP contribution in [0.4, 0.5) is 0 Å². The van der Waals surface area contributed by atoms with Gasteiger partial charge in [0, 0.05) is 6.42 Å². The minimum Gasteiger partial charge on any atom is -0.481 e. The molecule has 0 unspecified atom stereocenters. The molecule has 0 aromatic rings. The Morgan fingerprint density at radius 1 is 0.600 bits per heavy atom. The van der Waals surface area contributed by atoms with E-state index in [-0.39, 0.29) is 13.0 Å². The van der Waals surface area contributed by atoms with Crippen molar-refractivity contribution in [3.63, 3.8) is 0 Å². The fraction of sp³-hybridized carbons (Fsp3) is 0.875. The van der Waals surface area contributed by atoms with E-state index in [9.17, 15) is 9.59 Å². The second kappa shape index (κ2) is 20.9. The number of hydrogen-bond donors (Lipinski definition) is 1. The van der Waals surface area contributed by atoms with Gasteiger partial charge in [0.15, 0.2) is 0 Å². The van der Waals surface area contributed by atoms with E-state index in [4.69, 9.17) is 33.5 Å². The van der Waals surface area contributed by atoms with Crippen LogP contribution in [-0.4, -0.2) is 96.6 Å². The number of aliphatic carboxylic acids is 1. The number of hydrogen-bond acceptors (Lipinski definition) is 8. The van der Waals surface area contributed by atoms with Gasteiger partial charge in [-0.05, 0) is 0 Å². The zero-order valence-corrected chi connectivity index (χ0v) is 14.7. The van der Waals surface area contributed by atoms with Crippen LogP contribution >= 0.6 is 0 Å². The van der Waals surface area contributed by atoms with Crippen molar-refractivity contribution in [2.75, 3.05) is 79.3 Å². The SMILES string of the molecule is O=CCCOCCOCCOCCOCCOCCOCCC(=O)O. The Hall–Kier alpha value is -1.10. The number of ether oxygens (including phenoxy) is 6. The van der Waals surface area contributed by atoms with Gasteiger partial charge in [0.1, 0.15) is 6.29 Å². The summed E-state index contributed by atoms with van der Waals surface area (Å²) in [7, 11) is 0. The summed E-state index contributed by atoms with van der Waals surface area (Å²) in [6.07, 6.45) is 1.24. The molecule has 0 saturated heterocycles. The fourth-order valence-corrected chi connectivity index (χ4v) is 1.49. The number of aldehydes is 1. The van der Waals surface area contributed by atoms with Gasteiger partial charge >= 0.3 is 5.97 Å². The molecule has 0 radical (unpaired) electrons. The predicted molar refractivity (Wildman–Crippen MR) is 87.8 cm³/mol. The Morgan fingerprint density at radius 2 is 0.920 bits per heavy atom. The largest absolute Gasteiger partial charge is 0.481 e. The van der Waals surface area contributed by atoms with Crippen molar-refractivity contribution in [3.05, 3.63) is 0 Å². The zero-order chi connectivity index (χ0) is 18.4. The molecule has 0 heterocycles. The lowest BCUT2D eigenvalue weighted by atomic mass is 10.5. The van der Waals surface area contributed by atoms with E-state index < -0.39 is 5.97 Å². The Balaban J connectivity index is 2.98. The molecule has 25 heavy (non-hydrogen) atoms. The highest BCUT2D eigenvalue weighted by atomic mass is 16.6. The monoisotopic (exact) mass is 366 g/mol. The normalized spacial score (nSPS) is 10.9. The van der Waals surface area contributed by atoms with E-state index in [0.717, 1.165) is 6.29 Å². The number of rotatable bonds is 21. The van der Waals surface area contributed by atoms with Crippen LogP contribution in [0, 0.1) is 0 Å². The highest BCUT2D eigenvalue weighted by molar-refractivity contribution is 5.66. The predicted octanol–water partition coefficient (Wildman–Crippen LogP) is 0.150. The molecule has 0 aromatic heterocycles. The van der Waals surface area contributed by atoms with Crippen molar-refractivity contribution < 1.29 is 43.1 Å². The van der Waals surface area contributed by atoms with Gasteiger partial charge in [-0.2, -0.15) is 0 Å². The third-order valence-electron chi connectivity index (χ3n) is 2.70. The molecule has 9 nitrogen and oxygen atoms in total. The van der Waals surface area contributed by atoms with Crippen molar-refractivity contribution in [2.45, 2.75) is 12.8 Å². The third-order valence-corrected chi connectivity index (χ3v) is 2.70. The van der Waals surface area contributed by atoms with Crippen LogP contribution in [-0.2, 0) is 38.0 Å².